The predicted octanol–water partition coefficient (Wildman–Crippen LogP) is 0.395. The molecule has 2 amide bonds. The number of hydrogen-bond donors (Lipinski definition) is 3. The van der Waals surface area contributed by atoms with Gasteiger partial charge in [0.05, 0.1) is 12.1 Å². The molecule has 1 aromatic rings. The van der Waals surface area contributed by atoms with Gasteiger partial charge in [-0.2, -0.15) is 0 Å². The van der Waals surface area contributed by atoms with E-state index >= 15 is 0 Å². The molecule has 1 aliphatic carbocycles. The van der Waals surface area contributed by atoms with Gasteiger partial charge in [-0.25, -0.2) is 0 Å². The molecule has 0 radical (unpaired) electrons. The van der Waals surface area contributed by atoms with E-state index in [9.17, 15) is 9.59 Å². The molecule has 1 heterocycles. The molecule has 1 aliphatic heterocycles. The van der Waals surface area contributed by atoms with Gasteiger partial charge in [-0.1, -0.05) is 18.2 Å². The second-order valence-electron chi connectivity index (χ2n) is 5.28. The third kappa shape index (κ3) is 4.46. The summed E-state index contributed by atoms with van der Waals surface area (Å²) in [5.41, 5.74) is 17.2. The number of amides is 2. The van der Waals surface area contributed by atoms with Crippen LogP contribution in [0.4, 0.5) is 5.69 Å². The summed E-state index contributed by atoms with van der Waals surface area (Å²) in [6.07, 6.45) is 5.58. The molecule has 3 rings (SSSR count). The number of anilines is 1. The maximum Gasteiger partial charge on any atom is 0.250 e. The monoisotopic (exact) mass is 300 g/mol. The molecule has 1 fully saturated rings. The minimum Gasteiger partial charge on any atom is -0.366 e. The highest BCUT2D eigenvalue weighted by atomic mass is 16.1. The number of rotatable bonds is 3. The van der Waals surface area contributed by atoms with E-state index in [4.69, 9.17) is 17.2 Å². The lowest BCUT2D eigenvalue weighted by Crippen LogP contribution is -2.31. The molecule has 0 unspecified atom stereocenters. The fourth-order valence-corrected chi connectivity index (χ4v) is 1.83. The summed E-state index contributed by atoms with van der Waals surface area (Å²) in [4.78, 5) is 24.2. The van der Waals surface area contributed by atoms with Crippen molar-refractivity contribution in [1.82, 2.24) is 0 Å². The second kappa shape index (κ2) is 6.91. The first-order chi connectivity index (χ1) is 10.5. The van der Waals surface area contributed by atoms with Crippen LogP contribution in [0.1, 0.15) is 12.8 Å². The molecule has 1 saturated carbocycles. The van der Waals surface area contributed by atoms with E-state index in [1.54, 1.807) is 11.1 Å². The highest BCUT2D eigenvalue weighted by Crippen LogP contribution is 2.21. The van der Waals surface area contributed by atoms with E-state index < -0.39 is 11.8 Å². The van der Waals surface area contributed by atoms with Crippen molar-refractivity contribution in [3.8, 4) is 0 Å². The van der Waals surface area contributed by atoms with Gasteiger partial charge in [0.2, 0.25) is 11.8 Å². The van der Waals surface area contributed by atoms with Crippen LogP contribution in [0.15, 0.2) is 53.8 Å². The zero-order valence-electron chi connectivity index (χ0n) is 12.2. The second-order valence-corrected chi connectivity index (χ2v) is 5.28. The van der Waals surface area contributed by atoms with Gasteiger partial charge < -0.3 is 22.1 Å². The third-order valence-electron chi connectivity index (χ3n) is 3.28. The highest BCUT2D eigenvalue weighted by Gasteiger charge is 2.19. The zero-order chi connectivity index (χ0) is 16.1. The summed E-state index contributed by atoms with van der Waals surface area (Å²) in [6, 6.07) is 9.96. The summed E-state index contributed by atoms with van der Waals surface area (Å²) in [6.45, 7) is 0.329. The van der Waals surface area contributed by atoms with Crippen LogP contribution in [-0.2, 0) is 9.59 Å². The van der Waals surface area contributed by atoms with Crippen LogP contribution in [0.5, 0.6) is 0 Å². The summed E-state index contributed by atoms with van der Waals surface area (Å²) in [5, 5.41) is 0. The first-order valence-corrected chi connectivity index (χ1v) is 7.06. The van der Waals surface area contributed by atoms with Gasteiger partial charge in [0.25, 0.3) is 0 Å². The Morgan fingerprint density at radius 2 is 1.64 bits per heavy atom. The van der Waals surface area contributed by atoms with E-state index in [-0.39, 0.29) is 5.57 Å². The van der Waals surface area contributed by atoms with Crippen molar-refractivity contribution in [2.45, 2.75) is 18.9 Å². The van der Waals surface area contributed by atoms with Gasteiger partial charge in [0.15, 0.2) is 0 Å². The first kappa shape index (κ1) is 15.8. The van der Waals surface area contributed by atoms with Crippen molar-refractivity contribution in [3.63, 3.8) is 0 Å². The Kier molecular flexibility index (Phi) is 4.95. The minimum absolute atomic E-state index is 0.263. The number of para-hydroxylation sites is 1. The largest absolute Gasteiger partial charge is 0.366 e. The van der Waals surface area contributed by atoms with Crippen LogP contribution in [0.25, 0.3) is 0 Å². The molecule has 0 bridgehead atoms. The smallest absolute Gasteiger partial charge is 0.250 e. The number of benzene rings is 1. The van der Waals surface area contributed by atoms with Crippen molar-refractivity contribution in [1.29, 1.82) is 0 Å². The fraction of sp³-hybridized carbons (Fsp3) is 0.250. The van der Waals surface area contributed by atoms with Crippen molar-refractivity contribution in [2.75, 3.05) is 11.4 Å². The van der Waals surface area contributed by atoms with E-state index in [0.29, 0.717) is 18.2 Å². The first-order valence-electron chi connectivity index (χ1n) is 7.06. The van der Waals surface area contributed by atoms with Crippen LogP contribution < -0.4 is 22.1 Å². The minimum atomic E-state index is -0.589. The van der Waals surface area contributed by atoms with Gasteiger partial charge in [-0.05, 0) is 31.1 Å². The van der Waals surface area contributed by atoms with Crippen LogP contribution in [0, 0.1) is 0 Å². The lowest BCUT2D eigenvalue weighted by atomic mass is 10.1. The third-order valence-corrected chi connectivity index (χ3v) is 3.28. The lowest BCUT2D eigenvalue weighted by molar-refractivity contribution is -0.114. The summed E-state index contributed by atoms with van der Waals surface area (Å²) in [5.74, 6) is -1.14. The molecule has 6 N–H and O–H groups in total. The molecule has 0 aromatic heterocycles. The van der Waals surface area contributed by atoms with Gasteiger partial charge in [0, 0.05) is 23.5 Å². The Balaban J connectivity index is 0.000000381. The Hall–Kier alpha value is -2.60. The van der Waals surface area contributed by atoms with Gasteiger partial charge in [0.1, 0.15) is 0 Å². The summed E-state index contributed by atoms with van der Waals surface area (Å²) in [7, 11) is 0. The molecule has 2 aliphatic rings. The maximum absolute atomic E-state index is 11.2. The Morgan fingerprint density at radius 3 is 2.09 bits per heavy atom. The van der Waals surface area contributed by atoms with Crippen LogP contribution in [0.2, 0.25) is 0 Å². The zero-order valence-corrected chi connectivity index (χ0v) is 12.2. The van der Waals surface area contributed by atoms with E-state index in [2.05, 4.69) is 0 Å². The quantitative estimate of drug-likeness (QED) is 0.749. The summed E-state index contributed by atoms with van der Waals surface area (Å²) >= 11 is 0. The van der Waals surface area contributed by atoms with Gasteiger partial charge in [-0.15, -0.1) is 0 Å². The van der Waals surface area contributed by atoms with Gasteiger partial charge >= 0.3 is 0 Å². The molecule has 6 heteroatoms. The average molecular weight is 300 g/mol. The van der Waals surface area contributed by atoms with Crippen LogP contribution in [0.3, 0.4) is 0 Å². The molecule has 116 valence electrons. The van der Waals surface area contributed by atoms with E-state index in [0.717, 1.165) is 5.69 Å². The number of carbonyl (C=O) groups excluding carboxylic acids is 2. The van der Waals surface area contributed by atoms with Crippen molar-refractivity contribution in [3.05, 3.63) is 53.8 Å². The van der Waals surface area contributed by atoms with Crippen molar-refractivity contribution < 1.29 is 9.59 Å². The fourth-order valence-electron chi connectivity index (χ4n) is 1.83. The maximum atomic E-state index is 11.2. The van der Waals surface area contributed by atoms with Crippen molar-refractivity contribution >= 4 is 17.5 Å². The Labute approximate surface area is 129 Å². The van der Waals surface area contributed by atoms with Gasteiger partial charge in [-0.3, -0.25) is 9.59 Å². The number of primary amides is 2. The normalized spacial score (nSPS) is 16.9. The molecular formula is C16H20N4O2. The standard InChI is InChI=1S/C13H13N3O2.C3H7N/c14-12(17)9-6-10(13(15)18)8-16(7-9)11-4-2-1-3-5-11;4-3-1-2-3/h1-7H,8H2,(H2,14,17)(H2,15,18);3H,1-2,4H2. The Morgan fingerprint density at radius 1 is 1.05 bits per heavy atom. The molecule has 6 nitrogen and oxygen atoms in total. The Bertz CT molecular complexity index is 618. The number of hydrogen-bond acceptors (Lipinski definition) is 4. The summed E-state index contributed by atoms with van der Waals surface area (Å²) < 4.78 is 0. The molecule has 0 spiro atoms. The topological polar surface area (TPSA) is 115 Å². The van der Waals surface area contributed by atoms with E-state index in [1.807, 2.05) is 30.3 Å². The molecule has 0 atom stereocenters. The lowest BCUT2D eigenvalue weighted by Gasteiger charge is -2.25. The predicted molar refractivity (Wildman–Crippen MR) is 85.6 cm³/mol. The number of nitrogens with zero attached hydrogens (tertiary/aromatic N) is 1. The molecule has 0 saturated heterocycles. The SMILES string of the molecule is NC(=O)C1=CN(c2ccccc2)CC(C(N)=O)=C1.NC1CC1. The molecular weight excluding hydrogens is 280 g/mol. The molecule has 1 aromatic carbocycles. The van der Waals surface area contributed by atoms with Crippen molar-refractivity contribution in [2.24, 2.45) is 17.2 Å². The number of nitrogens with two attached hydrogens (primary N) is 3. The van der Waals surface area contributed by atoms with E-state index in [1.165, 1.54) is 18.9 Å². The van der Waals surface area contributed by atoms with Crippen LogP contribution in [-0.4, -0.2) is 24.4 Å². The molecule has 22 heavy (non-hydrogen) atoms. The highest BCUT2D eigenvalue weighted by molar-refractivity contribution is 6.01. The average Bonchev–Trinajstić information content (AvgIpc) is 3.30. The van der Waals surface area contributed by atoms with Crippen LogP contribution >= 0.6 is 0 Å². The number of carbonyl (C=O) groups is 2.